The fraction of sp³-hybridized carbons (Fsp3) is 0.941. The van der Waals surface area contributed by atoms with Crippen LogP contribution in [0.4, 0.5) is 9.59 Å². The van der Waals surface area contributed by atoms with Gasteiger partial charge in [-0.2, -0.15) is 0 Å². The zero-order valence-corrected chi connectivity index (χ0v) is 26.8. The molecule has 2 fully saturated rings. The molecule has 41 heavy (non-hydrogen) atoms. The van der Waals surface area contributed by atoms with Crippen molar-refractivity contribution < 1.29 is 19.1 Å². The number of carbonyl (C=O) groups is 2. The van der Waals surface area contributed by atoms with Gasteiger partial charge in [-0.15, -0.1) is 0 Å². The highest BCUT2D eigenvalue weighted by atomic mass is 16.6. The second-order valence-corrected chi connectivity index (χ2v) is 12.5. The van der Waals surface area contributed by atoms with Crippen molar-refractivity contribution in [2.75, 3.05) is 45.9 Å². The van der Waals surface area contributed by atoms with Crippen molar-refractivity contribution in [1.82, 2.24) is 15.1 Å². The average molecular weight is 580 g/mol. The maximum absolute atomic E-state index is 12.7. The molecule has 1 atom stereocenters. The lowest BCUT2D eigenvalue weighted by atomic mass is 10.0. The third kappa shape index (κ3) is 18.6. The van der Waals surface area contributed by atoms with Crippen molar-refractivity contribution in [3.63, 3.8) is 0 Å². The van der Waals surface area contributed by atoms with Crippen LogP contribution in [0.3, 0.4) is 0 Å². The summed E-state index contributed by atoms with van der Waals surface area (Å²) in [5.74, 6) is 0. The summed E-state index contributed by atoms with van der Waals surface area (Å²) in [6.07, 6.45) is 28.2. The predicted molar refractivity (Wildman–Crippen MR) is 169 cm³/mol. The van der Waals surface area contributed by atoms with Crippen LogP contribution >= 0.6 is 0 Å². The number of piperidine rings is 1. The summed E-state index contributed by atoms with van der Waals surface area (Å²) in [5.41, 5.74) is 0. The molecule has 0 bridgehead atoms. The van der Waals surface area contributed by atoms with Gasteiger partial charge in [0, 0.05) is 25.6 Å². The summed E-state index contributed by atoms with van der Waals surface area (Å²) in [7, 11) is 0. The van der Waals surface area contributed by atoms with E-state index in [0.717, 1.165) is 51.6 Å². The Hall–Kier alpha value is -1.50. The van der Waals surface area contributed by atoms with Crippen LogP contribution in [0.2, 0.25) is 0 Å². The zero-order valence-electron chi connectivity index (χ0n) is 26.8. The highest BCUT2D eigenvalue weighted by molar-refractivity contribution is 5.68. The van der Waals surface area contributed by atoms with Crippen LogP contribution in [0.5, 0.6) is 0 Å². The monoisotopic (exact) mass is 579 g/mol. The van der Waals surface area contributed by atoms with Crippen LogP contribution in [0.15, 0.2) is 0 Å². The highest BCUT2D eigenvalue weighted by Crippen LogP contribution is 2.21. The third-order valence-corrected chi connectivity index (χ3v) is 8.89. The van der Waals surface area contributed by atoms with Crippen molar-refractivity contribution >= 4 is 12.2 Å². The third-order valence-electron chi connectivity index (χ3n) is 8.89. The Morgan fingerprint density at radius 2 is 1.22 bits per heavy atom. The summed E-state index contributed by atoms with van der Waals surface area (Å²) in [6, 6.07) is 0.102. The Labute approximate surface area is 252 Å². The van der Waals surface area contributed by atoms with Crippen molar-refractivity contribution in [2.45, 2.75) is 161 Å². The van der Waals surface area contributed by atoms with Gasteiger partial charge in [-0.3, -0.25) is 0 Å². The van der Waals surface area contributed by atoms with E-state index in [9.17, 15) is 9.59 Å². The first-order valence-corrected chi connectivity index (χ1v) is 17.8. The molecule has 2 aliphatic rings. The number of hydrogen-bond acceptors (Lipinski definition) is 5. The molecule has 0 aromatic carbocycles. The molecular formula is C34H65N3O4. The molecule has 2 amide bonds. The fourth-order valence-electron chi connectivity index (χ4n) is 6.27. The molecule has 0 aromatic rings. The number of likely N-dealkylation sites (tertiary alicyclic amines) is 2. The number of nitrogens with one attached hydrogen (secondary N) is 1. The van der Waals surface area contributed by atoms with Gasteiger partial charge in [-0.1, -0.05) is 103 Å². The smallest absolute Gasteiger partial charge is 0.410 e. The number of unbranched alkanes of at least 4 members (excludes halogenated alkanes) is 15. The molecule has 1 N–H and O–H groups in total. The van der Waals surface area contributed by atoms with Gasteiger partial charge in [-0.05, 0) is 64.6 Å². The number of carbonyl (C=O) groups excluding carboxylic acids is 2. The van der Waals surface area contributed by atoms with Crippen molar-refractivity contribution in [3.8, 4) is 0 Å². The van der Waals surface area contributed by atoms with Gasteiger partial charge >= 0.3 is 12.2 Å². The summed E-state index contributed by atoms with van der Waals surface area (Å²) in [6.45, 7) is 7.93. The molecule has 7 heteroatoms. The predicted octanol–water partition coefficient (Wildman–Crippen LogP) is 8.84. The second-order valence-electron chi connectivity index (χ2n) is 12.5. The van der Waals surface area contributed by atoms with Gasteiger partial charge < -0.3 is 24.6 Å². The van der Waals surface area contributed by atoms with Crippen molar-refractivity contribution in [2.24, 2.45) is 0 Å². The Balaban J connectivity index is 1.39. The Kier molecular flexibility index (Phi) is 21.8. The van der Waals surface area contributed by atoms with E-state index in [1.807, 2.05) is 4.90 Å². The molecule has 0 aromatic heterocycles. The number of rotatable bonds is 24. The van der Waals surface area contributed by atoms with E-state index in [-0.39, 0.29) is 18.2 Å². The normalized spacial score (nSPS) is 17.6. The molecule has 2 rings (SSSR count). The fourth-order valence-corrected chi connectivity index (χ4v) is 6.27. The number of hydrogen-bond donors (Lipinski definition) is 1. The van der Waals surface area contributed by atoms with Crippen LogP contribution in [-0.4, -0.2) is 74.0 Å². The molecule has 0 aliphatic carbocycles. The van der Waals surface area contributed by atoms with Crippen LogP contribution < -0.4 is 5.32 Å². The molecule has 2 aliphatic heterocycles. The van der Waals surface area contributed by atoms with Crippen LogP contribution in [0, 0.1) is 0 Å². The Bertz CT molecular complexity index is 641. The molecule has 0 saturated carbocycles. The van der Waals surface area contributed by atoms with E-state index in [1.54, 1.807) is 0 Å². The molecule has 240 valence electrons. The molecule has 2 heterocycles. The highest BCUT2D eigenvalue weighted by Gasteiger charge is 2.27. The Morgan fingerprint density at radius 3 is 1.83 bits per heavy atom. The van der Waals surface area contributed by atoms with Crippen molar-refractivity contribution in [3.05, 3.63) is 0 Å². The van der Waals surface area contributed by atoms with Gasteiger partial charge in [0.15, 0.2) is 0 Å². The minimum atomic E-state index is -0.347. The quantitative estimate of drug-likeness (QED) is 0.116. The van der Waals surface area contributed by atoms with E-state index in [2.05, 4.69) is 17.1 Å². The topological polar surface area (TPSA) is 71.1 Å². The summed E-state index contributed by atoms with van der Waals surface area (Å²) in [5, 5.41) is 2.86. The molecule has 1 unspecified atom stereocenters. The number of ether oxygens (including phenoxy) is 2. The number of amides is 2. The maximum atomic E-state index is 12.7. The maximum Gasteiger partial charge on any atom is 0.410 e. The molecule has 0 radical (unpaired) electrons. The molecule has 2 saturated heterocycles. The van der Waals surface area contributed by atoms with Gasteiger partial charge in [-0.25, -0.2) is 9.59 Å². The lowest BCUT2D eigenvalue weighted by Crippen LogP contribution is -2.44. The number of alkyl carbamates (subject to hydrolysis) is 1. The SMILES string of the molecule is CCCCCCCCCCCCCCCCCCOC(=O)N1CCCCC1CCOC(=O)NCCCN1CCCC1. The first-order valence-electron chi connectivity index (χ1n) is 17.8. The minimum absolute atomic E-state index is 0.102. The zero-order chi connectivity index (χ0) is 29.2. The van der Waals surface area contributed by atoms with Gasteiger partial charge in [0.25, 0.3) is 0 Å². The molecular weight excluding hydrogens is 514 g/mol. The van der Waals surface area contributed by atoms with E-state index < -0.39 is 0 Å². The summed E-state index contributed by atoms with van der Waals surface area (Å²) < 4.78 is 11.0. The van der Waals surface area contributed by atoms with Crippen LogP contribution in [-0.2, 0) is 9.47 Å². The molecule has 7 nitrogen and oxygen atoms in total. The molecule has 0 spiro atoms. The lowest BCUT2D eigenvalue weighted by Gasteiger charge is -2.34. The van der Waals surface area contributed by atoms with E-state index in [0.29, 0.717) is 26.2 Å². The lowest BCUT2D eigenvalue weighted by molar-refractivity contribution is 0.0619. The average Bonchev–Trinajstić information content (AvgIpc) is 3.51. The van der Waals surface area contributed by atoms with Crippen LogP contribution in [0.1, 0.15) is 155 Å². The number of nitrogens with zero attached hydrogens (tertiary/aromatic N) is 2. The Morgan fingerprint density at radius 1 is 0.659 bits per heavy atom. The minimum Gasteiger partial charge on any atom is -0.449 e. The van der Waals surface area contributed by atoms with Gasteiger partial charge in [0.1, 0.15) is 0 Å². The second kappa shape index (κ2) is 25.0. The van der Waals surface area contributed by atoms with Gasteiger partial charge in [0.2, 0.25) is 0 Å². The van der Waals surface area contributed by atoms with Crippen molar-refractivity contribution in [1.29, 1.82) is 0 Å². The first kappa shape index (κ1) is 35.7. The van der Waals surface area contributed by atoms with E-state index in [1.165, 1.54) is 116 Å². The largest absolute Gasteiger partial charge is 0.449 e. The van der Waals surface area contributed by atoms with E-state index >= 15 is 0 Å². The van der Waals surface area contributed by atoms with Gasteiger partial charge in [0.05, 0.1) is 13.2 Å². The van der Waals surface area contributed by atoms with E-state index in [4.69, 9.17) is 9.47 Å². The van der Waals surface area contributed by atoms with Crippen LogP contribution in [0.25, 0.3) is 0 Å². The summed E-state index contributed by atoms with van der Waals surface area (Å²) >= 11 is 0. The summed E-state index contributed by atoms with van der Waals surface area (Å²) in [4.78, 5) is 29.1. The first-order chi connectivity index (χ1) is 20.2. The standard InChI is InChI=1S/C34H65N3O4/c1-2-3-4-5-6-7-8-9-10-11-12-13-14-15-16-21-30-41-34(39)37-29-18-17-23-32(37)24-31-40-33(38)35-25-22-28-36-26-19-20-27-36/h32H,2-31H2,1H3,(H,35,38).